The minimum Gasteiger partial charge on any atom is -0.314 e. The Labute approximate surface area is 95.1 Å². The highest BCUT2D eigenvalue weighted by molar-refractivity contribution is 5.05. The van der Waals surface area contributed by atoms with Crippen LogP contribution in [0.1, 0.15) is 45.4 Å². The normalized spacial score (nSPS) is 19.4. The van der Waals surface area contributed by atoms with E-state index in [1.807, 2.05) is 0 Å². The average Bonchev–Trinajstić information content (AvgIpc) is 2.16. The van der Waals surface area contributed by atoms with Crippen molar-refractivity contribution in [1.82, 2.24) is 5.32 Å². The van der Waals surface area contributed by atoms with Gasteiger partial charge < -0.3 is 5.32 Å². The Morgan fingerprint density at radius 3 is 2.69 bits per heavy atom. The molecule has 0 heterocycles. The third-order valence-corrected chi connectivity index (χ3v) is 2.86. The van der Waals surface area contributed by atoms with Crippen molar-refractivity contribution >= 4 is 0 Å². The van der Waals surface area contributed by atoms with Gasteiger partial charge in [0.1, 0.15) is 0 Å². The van der Waals surface area contributed by atoms with E-state index < -0.39 is 18.6 Å². The lowest BCUT2D eigenvalue weighted by atomic mass is 9.97. The summed E-state index contributed by atoms with van der Waals surface area (Å²) in [5.74, 6) is 0. The van der Waals surface area contributed by atoms with Gasteiger partial charge in [0.25, 0.3) is 0 Å². The lowest BCUT2D eigenvalue weighted by Gasteiger charge is -2.17. The first-order valence-corrected chi connectivity index (χ1v) is 5.95. The van der Waals surface area contributed by atoms with Crippen LogP contribution in [0, 0.1) is 0 Å². The summed E-state index contributed by atoms with van der Waals surface area (Å²) < 4.78 is 36.1. The minimum atomic E-state index is -4.06. The molecule has 0 amide bonds. The van der Waals surface area contributed by atoms with Crippen LogP contribution in [-0.4, -0.2) is 18.8 Å². The van der Waals surface area contributed by atoms with E-state index in [2.05, 4.69) is 11.4 Å². The second kappa shape index (κ2) is 6.28. The molecular weight excluding hydrogens is 215 g/mol. The molecule has 0 radical (unpaired) electrons. The Bertz CT molecular complexity index is 233. The molecule has 0 fully saturated rings. The van der Waals surface area contributed by atoms with E-state index in [0.29, 0.717) is 6.54 Å². The standard InChI is InChI=1S/C12H20F3N/c1-10(9-12(13,14)15)16-8-7-11-5-3-2-4-6-11/h5,10,16H,2-4,6-9H2,1H3. The number of alkyl halides is 3. The summed E-state index contributed by atoms with van der Waals surface area (Å²) in [7, 11) is 0. The van der Waals surface area contributed by atoms with Gasteiger partial charge in [-0.1, -0.05) is 11.6 Å². The lowest BCUT2D eigenvalue weighted by molar-refractivity contribution is -0.138. The van der Waals surface area contributed by atoms with Crippen molar-refractivity contribution in [3.05, 3.63) is 11.6 Å². The average molecular weight is 235 g/mol. The Morgan fingerprint density at radius 2 is 2.12 bits per heavy atom. The fourth-order valence-electron chi connectivity index (χ4n) is 2.03. The van der Waals surface area contributed by atoms with Crippen LogP contribution in [0.2, 0.25) is 0 Å². The van der Waals surface area contributed by atoms with Crippen molar-refractivity contribution in [3.8, 4) is 0 Å². The van der Waals surface area contributed by atoms with Gasteiger partial charge in [-0.05, 0) is 45.6 Å². The molecule has 1 nitrogen and oxygen atoms in total. The highest BCUT2D eigenvalue weighted by Crippen LogP contribution is 2.22. The van der Waals surface area contributed by atoms with E-state index in [1.54, 1.807) is 6.92 Å². The molecule has 1 N–H and O–H groups in total. The molecule has 0 aliphatic heterocycles. The Hall–Kier alpha value is -0.510. The molecule has 94 valence electrons. The van der Waals surface area contributed by atoms with E-state index in [9.17, 15) is 13.2 Å². The van der Waals surface area contributed by atoms with E-state index in [4.69, 9.17) is 0 Å². The van der Waals surface area contributed by atoms with Gasteiger partial charge in [-0.25, -0.2) is 0 Å². The molecule has 1 atom stereocenters. The first-order chi connectivity index (χ1) is 7.47. The molecular formula is C12H20F3N. The third-order valence-electron chi connectivity index (χ3n) is 2.86. The number of hydrogen-bond donors (Lipinski definition) is 1. The predicted molar refractivity (Wildman–Crippen MR) is 59.3 cm³/mol. The Morgan fingerprint density at radius 1 is 1.38 bits per heavy atom. The van der Waals surface area contributed by atoms with E-state index in [-0.39, 0.29) is 0 Å². The van der Waals surface area contributed by atoms with Crippen molar-refractivity contribution in [2.24, 2.45) is 0 Å². The van der Waals surface area contributed by atoms with Gasteiger partial charge in [-0.2, -0.15) is 13.2 Å². The smallest absolute Gasteiger partial charge is 0.314 e. The van der Waals surface area contributed by atoms with Gasteiger partial charge in [0, 0.05) is 6.04 Å². The highest BCUT2D eigenvalue weighted by atomic mass is 19.4. The summed E-state index contributed by atoms with van der Waals surface area (Å²) in [6.45, 7) is 2.24. The number of rotatable bonds is 5. The van der Waals surface area contributed by atoms with Crippen LogP contribution in [-0.2, 0) is 0 Å². The molecule has 1 aliphatic rings. The molecule has 16 heavy (non-hydrogen) atoms. The molecule has 1 unspecified atom stereocenters. The van der Waals surface area contributed by atoms with Crippen molar-refractivity contribution in [2.45, 2.75) is 57.7 Å². The number of allylic oxidation sites excluding steroid dienone is 1. The Kier molecular flexibility index (Phi) is 5.32. The van der Waals surface area contributed by atoms with Gasteiger partial charge in [0.2, 0.25) is 0 Å². The van der Waals surface area contributed by atoms with Crippen LogP contribution in [0.3, 0.4) is 0 Å². The van der Waals surface area contributed by atoms with Crippen molar-refractivity contribution in [1.29, 1.82) is 0 Å². The molecule has 0 aromatic carbocycles. The van der Waals surface area contributed by atoms with E-state index in [0.717, 1.165) is 19.3 Å². The Balaban J connectivity index is 2.12. The molecule has 1 rings (SSSR count). The molecule has 0 aromatic heterocycles. The largest absolute Gasteiger partial charge is 0.390 e. The monoisotopic (exact) mass is 235 g/mol. The maximum absolute atomic E-state index is 12.0. The van der Waals surface area contributed by atoms with Crippen molar-refractivity contribution < 1.29 is 13.2 Å². The summed E-state index contributed by atoms with van der Waals surface area (Å²) in [5, 5.41) is 2.93. The molecule has 0 spiro atoms. The molecule has 4 heteroatoms. The van der Waals surface area contributed by atoms with Crippen LogP contribution < -0.4 is 5.32 Å². The summed E-state index contributed by atoms with van der Waals surface area (Å²) in [6, 6.07) is -0.482. The van der Waals surface area contributed by atoms with Gasteiger partial charge in [0.15, 0.2) is 0 Å². The van der Waals surface area contributed by atoms with Gasteiger partial charge >= 0.3 is 6.18 Å². The van der Waals surface area contributed by atoms with Crippen LogP contribution in [0.25, 0.3) is 0 Å². The number of halogens is 3. The van der Waals surface area contributed by atoms with Crippen LogP contribution in [0.4, 0.5) is 13.2 Å². The first kappa shape index (κ1) is 13.6. The van der Waals surface area contributed by atoms with E-state index >= 15 is 0 Å². The summed E-state index contributed by atoms with van der Waals surface area (Å²) in [5.41, 5.74) is 1.40. The van der Waals surface area contributed by atoms with Crippen LogP contribution >= 0.6 is 0 Å². The maximum Gasteiger partial charge on any atom is 0.390 e. The quantitative estimate of drug-likeness (QED) is 0.714. The zero-order chi connectivity index (χ0) is 12.0. The summed E-state index contributed by atoms with van der Waals surface area (Å²) in [6.07, 6.45) is 3.05. The van der Waals surface area contributed by atoms with Crippen molar-refractivity contribution in [2.75, 3.05) is 6.54 Å². The molecule has 0 saturated heterocycles. The number of nitrogens with one attached hydrogen (secondary N) is 1. The molecule has 0 saturated carbocycles. The van der Waals surface area contributed by atoms with Gasteiger partial charge in [-0.3, -0.25) is 0 Å². The molecule has 0 bridgehead atoms. The zero-order valence-electron chi connectivity index (χ0n) is 9.74. The van der Waals surface area contributed by atoms with E-state index in [1.165, 1.54) is 18.4 Å². The lowest BCUT2D eigenvalue weighted by Crippen LogP contribution is -2.32. The van der Waals surface area contributed by atoms with Gasteiger partial charge in [-0.15, -0.1) is 0 Å². The minimum absolute atomic E-state index is 0.482. The zero-order valence-corrected chi connectivity index (χ0v) is 9.74. The highest BCUT2D eigenvalue weighted by Gasteiger charge is 2.29. The summed E-state index contributed by atoms with van der Waals surface area (Å²) in [4.78, 5) is 0. The SMILES string of the molecule is CC(CC(F)(F)F)NCCC1=CCCCC1. The third kappa shape index (κ3) is 6.16. The fourth-order valence-corrected chi connectivity index (χ4v) is 2.03. The van der Waals surface area contributed by atoms with Crippen LogP contribution in [0.5, 0.6) is 0 Å². The number of hydrogen-bond acceptors (Lipinski definition) is 1. The summed E-state index contributed by atoms with van der Waals surface area (Å²) >= 11 is 0. The second-order valence-corrected chi connectivity index (χ2v) is 4.53. The van der Waals surface area contributed by atoms with Gasteiger partial charge in [0.05, 0.1) is 6.42 Å². The molecule has 1 aliphatic carbocycles. The van der Waals surface area contributed by atoms with Crippen LogP contribution in [0.15, 0.2) is 11.6 Å². The topological polar surface area (TPSA) is 12.0 Å². The second-order valence-electron chi connectivity index (χ2n) is 4.53. The fraction of sp³-hybridized carbons (Fsp3) is 0.833. The predicted octanol–water partition coefficient (Wildman–Crippen LogP) is 3.81. The van der Waals surface area contributed by atoms with Crippen molar-refractivity contribution in [3.63, 3.8) is 0 Å². The molecule has 0 aromatic rings. The first-order valence-electron chi connectivity index (χ1n) is 5.95. The maximum atomic E-state index is 12.0.